The van der Waals surface area contributed by atoms with Gasteiger partial charge in [0.05, 0.1) is 21.5 Å². The molecule has 0 N–H and O–H groups in total. The van der Waals surface area contributed by atoms with Crippen molar-refractivity contribution in [3.63, 3.8) is 0 Å². The molecule has 0 radical (unpaired) electrons. The Hall–Kier alpha value is -2.64. The average Bonchev–Trinajstić information content (AvgIpc) is 2.67. The van der Waals surface area contributed by atoms with Gasteiger partial charge in [0.25, 0.3) is 27.5 Å². The van der Waals surface area contributed by atoms with E-state index < -0.39 is 37.3 Å². The van der Waals surface area contributed by atoms with Crippen LogP contribution in [-0.2, 0) is 10.2 Å². The number of nitrogens with zero attached hydrogens (tertiary/aromatic N) is 5. The smallest absolute Gasteiger partial charge is 0.282 e. The number of carbonyl (C=O) groups excluding carboxylic acids is 1. The van der Waals surface area contributed by atoms with Crippen LogP contribution in [0.4, 0.5) is 11.4 Å². The minimum absolute atomic E-state index is 0.0710. The molecule has 1 aromatic rings. The zero-order valence-corrected chi connectivity index (χ0v) is 16.3. The Bertz CT molecular complexity index is 845. The third kappa shape index (κ3) is 4.43. The summed E-state index contributed by atoms with van der Waals surface area (Å²) in [6, 6.07) is 2.74. The Balaban J connectivity index is 2.18. The minimum atomic E-state index is -3.62. The monoisotopic (exact) mass is 415 g/mol. The summed E-state index contributed by atoms with van der Waals surface area (Å²) < 4.78 is 27.7. The van der Waals surface area contributed by atoms with Crippen LogP contribution in [0, 0.1) is 20.2 Å². The fourth-order valence-corrected chi connectivity index (χ4v) is 4.55. The summed E-state index contributed by atoms with van der Waals surface area (Å²) >= 11 is 0. The van der Waals surface area contributed by atoms with Crippen LogP contribution < -0.4 is 0 Å². The van der Waals surface area contributed by atoms with E-state index in [9.17, 15) is 33.4 Å². The number of non-ortho nitro benzene ring substituents is 2. The lowest BCUT2D eigenvalue weighted by molar-refractivity contribution is -0.394. The third-order valence-electron chi connectivity index (χ3n) is 4.45. The van der Waals surface area contributed by atoms with Gasteiger partial charge in [0.15, 0.2) is 0 Å². The number of piperazine rings is 1. The van der Waals surface area contributed by atoms with Gasteiger partial charge >= 0.3 is 0 Å². The summed E-state index contributed by atoms with van der Waals surface area (Å²) in [4.78, 5) is 34.3. The van der Waals surface area contributed by atoms with Crippen LogP contribution in [0.15, 0.2) is 18.2 Å². The highest BCUT2D eigenvalue weighted by molar-refractivity contribution is 7.86. The maximum absolute atomic E-state index is 12.7. The van der Waals surface area contributed by atoms with Gasteiger partial charge in [-0.15, -0.1) is 0 Å². The van der Waals surface area contributed by atoms with E-state index in [1.807, 2.05) is 0 Å². The van der Waals surface area contributed by atoms with Gasteiger partial charge in [0.1, 0.15) is 0 Å². The number of benzene rings is 1. The van der Waals surface area contributed by atoms with Crippen LogP contribution in [0.1, 0.15) is 24.2 Å². The van der Waals surface area contributed by atoms with E-state index in [1.54, 1.807) is 13.8 Å². The second-order valence-electron chi connectivity index (χ2n) is 6.04. The Morgan fingerprint density at radius 3 is 1.86 bits per heavy atom. The highest BCUT2D eigenvalue weighted by atomic mass is 32.2. The van der Waals surface area contributed by atoms with E-state index in [2.05, 4.69) is 0 Å². The zero-order chi connectivity index (χ0) is 21.1. The first-order valence-corrected chi connectivity index (χ1v) is 9.99. The van der Waals surface area contributed by atoms with Crippen molar-refractivity contribution < 1.29 is 23.1 Å². The van der Waals surface area contributed by atoms with Crippen LogP contribution in [0.5, 0.6) is 0 Å². The summed E-state index contributed by atoms with van der Waals surface area (Å²) in [7, 11) is -3.62. The van der Waals surface area contributed by atoms with Crippen LogP contribution in [0.25, 0.3) is 0 Å². The number of nitro groups is 2. The highest BCUT2D eigenvalue weighted by Gasteiger charge is 2.33. The van der Waals surface area contributed by atoms with Gasteiger partial charge in [0, 0.05) is 51.4 Å². The van der Waals surface area contributed by atoms with Crippen LogP contribution >= 0.6 is 0 Å². The third-order valence-corrected chi connectivity index (χ3v) is 6.64. The van der Waals surface area contributed by atoms with Gasteiger partial charge in [0.2, 0.25) is 0 Å². The lowest BCUT2D eigenvalue weighted by atomic mass is 10.1. The van der Waals surface area contributed by atoms with E-state index in [1.165, 1.54) is 13.5 Å². The predicted molar refractivity (Wildman–Crippen MR) is 99.1 cm³/mol. The van der Waals surface area contributed by atoms with Crippen LogP contribution in [-0.4, -0.2) is 77.0 Å². The molecule has 1 fully saturated rings. The molecule has 0 aliphatic carbocycles. The lowest BCUT2D eigenvalue weighted by Gasteiger charge is -2.36. The topological polar surface area (TPSA) is 147 Å². The van der Waals surface area contributed by atoms with E-state index in [0.29, 0.717) is 13.1 Å². The van der Waals surface area contributed by atoms with Crippen molar-refractivity contribution in [2.24, 2.45) is 0 Å². The second kappa shape index (κ2) is 8.58. The maximum Gasteiger partial charge on any atom is 0.282 e. The van der Waals surface area contributed by atoms with E-state index in [-0.39, 0.29) is 31.7 Å². The van der Waals surface area contributed by atoms with Gasteiger partial charge in [-0.3, -0.25) is 25.0 Å². The summed E-state index contributed by atoms with van der Waals surface area (Å²) in [5.74, 6) is -0.619. The van der Waals surface area contributed by atoms with Gasteiger partial charge in [-0.25, -0.2) is 0 Å². The number of amides is 1. The zero-order valence-electron chi connectivity index (χ0n) is 15.5. The van der Waals surface area contributed by atoms with Gasteiger partial charge < -0.3 is 4.90 Å². The molecule has 154 valence electrons. The second-order valence-corrected chi connectivity index (χ2v) is 7.96. The minimum Gasteiger partial charge on any atom is -0.336 e. The van der Waals surface area contributed by atoms with Crippen LogP contribution in [0.2, 0.25) is 0 Å². The molecule has 1 aliphatic rings. The number of nitro benzene ring substituents is 2. The molecule has 0 spiro atoms. The van der Waals surface area contributed by atoms with Crippen molar-refractivity contribution in [2.45, 2.75) is 13.8 Å². The van der Waals surface area contributed by atoms with E-state index >= 15 is 0 Å². The molecule has 1 heterocycles. The van der Waals surface area contributed by atoms with E-state index in [4.69, 9.17) is 0 Å². The normalized spacial score (nSPS) is 15.6. The lowest BCUT2D eigenvalue weighted by Crippen LogP contribution is -2.54. The Morgan fingerprint density at radius 2 is 1.46 bits per heavy atom. The maximum atomic E-state index is 12.7. The number of rotatable bonds is 7. The van der Waals surface area contributed by atoms with Crippen molar-refractivity contribution >= 4 is 27.5 Å². The first kappa shape index (κ1) is 21.7. The molecule has 2 rings (SSSR count). The first-order valence-electron chi connectivity index (χ1n) is 8.60. The first-order chi connectivity index (χ1) is 13.1. The molecule has 0 saturated carbocycles. The number of carbonyl (C=O) groups is 1. The molecular weight excluding hydrogens is 394 g/mol. The van der Waals surface area contributed by atoms with Crippen molar-refractivity contribution in [1.29, 1.82) is 0 Å². The molecule has 0 aromatic heterocycles. The van der Waals surface area contributed by atoms with Gasteiger partial charge in [-0.1, -0.05) is 13.8 Å². The fourth-order valence-electron chi connectivity index (χ4n) is 2.95. The van der Waals surface area contributed by atoms with Crippen molar-refractivity contribution in [2.75, 3.05) is 39.3 Å². The SMILES string of the molecule is CCN(CC)S(=O)(=O)N1CCN(C(=O)c2cc([N+](=O)[O-])cc([N+](=O)[O-])c2)CC1. The summed E-state index contributed by atoms with van der Waals surface area (Å²) in [6.45, 7) is 4.42. The molecule has 1 saturated heterocycles. The standard InChI is InChI=1S/C15H21N5O7S/c1-3-17(4-2)28(26,27)18-7-5-16(6-8-18)15(21)12-9-13(19(22)23)11-14(10-12)20(24)25/h9-11H,3-8H2,1-2H3. The quantitative estimate of drug-likeness (QED) is 0.473. The molecule has 12 nitrogen and oxygen atoms in total. The molecule has 1 aromatic carbocycles. The molecule has 13 heteroatoms. The summed E-state index contributed by atoms with van der Waals surface area (Å²) in [5.41, 5.74) is -1.29. The van der Waals surface area contributed by atoms with Crippen molar-refractivity contribution in [3.05, 3.63) is 44.0 Å². The Labute approximate surface area is 161 Å². The molecule has 28 heavy (non-hydrogen) atoms. The number of hydrogen-bond acceptors (Lipinski definition) is 7. The predicted octanol–water partition coefficient (Wildman–Crippen LogP) is 0.847. The molecule has 1 amide bonds. The molecule has 0 unspecified atom stereocenters. The van der Waals surface area contributed by atoms with Gasteiger partial charge in [-0.05, 0) is 0 Å². The summed E-state index contributed by atoms with van der Waals surface area (Å²) in [5, 5.41) is 22.0. The molecular formula is C15H21N5O7S. The molecule has 0 bridgehead atoms. The van der Waals surface area contributed by atoms with Crippen molar-refractivity contribution in [1.82, 2.24) is 13.5 Å². The van der Waals surface area contributed by atoms with Crippen molar-refractivity contribution in [3.8, 4) is 0 Å². The van der Waals surface area contributed by atoms with E-state index in [0.717, 1.165) is 18.2 Å². The fraction of sp³-hybridized carbons (Fsp3) is 0.533. The average molecular weight is 415 g/mol. The van der Waals surface area contributed by atoms with Crippen LogP contribution in [0.3, 0.4) is 0 Å². The molecule has 0 atom stereocenters. The molecule has 1 aliphatic heterocycles. The summed E-state index contributed by atoms with van der Waals surface area (Å²) in [6.07, 6.45) is 0. The Morgan fingerprint density at radius 1 is 1.00 bits per heavy atom. The Kier molecular flexibility index (Phi) is 6.64. The largest absolute Gasteiger partial charge is 0.336 e. The van der Waals surface area contributed by atoms with Gasteiger partial charge in [-0.2, -0.15) is 17.0 Å². The highest BCUT2D eigenvalue weighted by Crippen LogP contribution is 2.24. The number of hydrogen-bond donors (Lipinski definition) is 0.